The molecule has 1 unspecified atom stereocenters. The molecule has 1 aliphatic heterocycles. The van der Waals surface area contributed by atoms with Crippen LogP contribution >= 0.6 is 0 Å². The molecule has 0 amide bonds. The van der Waals surface area contributed by atoms with E-state index in [0.29, 0.717) is 5.57 Å². The largest absolute Gasteiger partial charge is 0.508 e. The zero-order valence-electron chi connectivity index (χ0n) is 14.9. The summed E-state index contributed by atoms with van der Waals surface area (Å²) in [5.41, 5.74) is 0.397. The number of benzene rings is 1. The molecule has 2 rings (SSSR count). The van der Waals surface area contributed by atoms with Crippen molar-refractivity contribution in [3.05, 3.63) is 42.0 Å². The number of carbonyl (C=O) groups is 2. The average Bonchev–Trinajstić information content (AvgIpc) is 3.04. The first-order valence-corrected chi connectivity index (χ1v) is 10.0. The van der Waals surface area contributed by atoms with Gasteiger partial charge in [0.15, 0.2) is 15.1 Å². The molecule has 1 heterocycles. The molecule has 0 saturated carbocycles. The van der Waals surface area contributed by atoms with Crippen LogP contribution in [-0.4, -0.2) is 56.8 Å². The predicted molar refractivity (Wildman–Crippen MR) is 94.7 cm³/mol. The molecule has 2 atom stereocenters. The molecule has 0 bridgehead atoms. The molecule has 8 nitrogen and oxygen atoms in total. The van der Waals surface area contributed by atoms with Crippen LogP contribution in [0.3, 0.4) is 0 Å². The summed E-state index contributed by atoms with van der Waals surface area (Å²) < 4.78 is 39.8. The molecule has 1 saturated heterocycles. The fraction of sp³-hybridized carbons (Fsp3) is 0.444. The van der Waals surface area contributed by atoms with Gasteiger partial charge in [-0.2, -0.15) is 0 Å². The summed E-state index contributed by atoms with van der Waals surface area (Å²) in [6, 6.07) is 7.74. The van der Waals surface area contributed by atoms with E-state index in [1.807, 2.05) is 0 Å². The molecule has 0 aromatic heterocycles. The highest BCUT2D eigenvalue weighted by Crippen LogP contribution is 2.28. The first-order valence-electron chi connectivity index (χ1n) is 8.46. The normalized spacial score (nSPS) is 20.2. The van der Waals surface area contributed by atoms with Gasteiger partial charge in [-0.25, -0.2) is 13.2 Å². The maximum Gasteiger partial charge on any atom is 0.508 e. The van der Waals surface area contributed by atoms with E-state index in [-0.39, 0.29) is 37.6 Å². The summed E-state index contributed by atoms with van der Waals surface area (Å²) in [5, 5.41) is 8.06. The fourth-order valence-corrected chi connectivity index (χ4v) is 4.22. The van der Waals surface area contributed by atoms with Crippen molar-refractivity contribution in [2.75, 3.05) is 19.8 Å². The van der Waals surface area contributed by atoms with Crippen molar-refractivity contribution >= 4 is 22.0 Å². The van der Waals surface area contributed by atoms with Crippen LogP contribution in [0.5, 0.6) is 0 Å². The molecule has 9 heteroatoms. The van der Waals surface area contributed by atoms with E-state index >= 15 is 0 Å². The summed E-state index contributed by atoms with van der Waals surface area (Å²) >= 11 is 0. The number of hydrogen-bond acceptors (Lipinski definition) is 8. The number of sulfone groups is 1. The van der Waals surface area contributed by atoms with E-state index in [1.54, 1.807) is 31.2 Å². The monoisotopic (exact) mass is 398 g/mol. The minimum atomic E-state index is -3.82. The van der Waals surface area contributed by atoms with Gasteiger partial charge in [0.2, 0.25) is 0 Å². The summed E-state index contributed by atoms with van der Waals surface area (Å²) in [6.07, 6.45) is 0.302. The highest BCUT2D eigenvalue weighted by molar-refractivity contribution is 7.92. The zero-order chi connectivity index (χ0) is 19.9. The number of rotatable bonds is 8. The van der Waals surface area contributed by atoms with Crippen LogP contribution < -0.4 is 0 Å². The molecule has 0 spiro atoms. The topological polar surface area (TPSA) is 116 Å². The molecule has 1 aliphatic rings. The minimum absolute atomic E-state index is 0.0179. The van der Waals surface area contributed by atoms with Crippen molar-refractivity contribution in [2.45, 2.75) is 36.0 Å². The Balaban J connectivity index is 1.97. The van der Waals surface area contributed by atoms with Gasteiger partial charge in [-0.3, -0.25) is 4.79 Å². The molecule has 0 aliphatic carbocycles. The number of carbonyl (C=O) groups excluding carboxylic acids is 2. The average molecular weight is 398 g/mol. The van der Waals surface area contributed by atoms with Crippen molar-refractivity contribution in [3.63, 3.8) is 0 Å². The Bertz CT molecular complexity index is 785. The van der Waals surface area contributed by atoms with Crippen molar-refractivity contribution in [2.24, 2.45) is 0 Å². The van der Waals surface area contributed by atoms with E-state index in [1.165, 1.54) is 12.1 Å². The second-order valence-corrected chi connectivity index (χ2v) is 8.00. The zero-order valence-corrected chi connectivity index (χ0v) is 15.7. The maximum atomic E-state index is 12.6. The number of cyclic esters (lactones) is 1. The molecule has 1 N–H and O–H groups in total. The van der Waals surface area contributed by atoms with E-state index in [2.05, 4.69) is 4.74 Å². The Morgan fingerprint density at radius 3 is 2.63 bits per heavy atom. The fourth-order valence-electron chi connectivity index (χ4n) is 2.57. The Morgan fingerprint density at radius 2 is 2.00 bits per heavy atom. The van der Waals surface area contributed by atoms with Crippen LogP contribution in [0.15, 0.2) is 46.9 Å². The lowest BCUT2D eigenvalue weighted by atomic mass is 10.1. The molecular formula is C18H22O8S. The Kier molecular flexibility index (Phi) is 7.37. The van der Waals surface area contributed by atoms with Gasteiger partial charge in [0, 0.05) is 12.8 Å². The molecule has 148 valence electrons. The van der Waals surface area contributed by atoms with E-state index in [9.17, 15) is 23.1 Å². The first kappa shape index (κ1) is 20.9. The van der Waals surface area contributed by atoms with Crippen LogP contribution in [-0.2, 0) is 28.8 Å². The second-order valence-electron chi connectivity index (χ2n) is 5.87. The summed E-state index contributed by atoms with van der Waals surface area (Å²) in [6.45, 7) is 1.29. The van der Waals surface area contributed by atoms with Crippen molar-refractivity contribution in [1.29, 1.82) is 0 Å². The van der Waals surface area contributed by atoms with Crippen molar-refractivity contribution < 1.29 is 37.3 Å². The van der Waals surface area contributed by atoms with Gasteiger partial charge in [0.25, 0.3) is 0 Å². The third-order valence-electron chi connectivity index (χ3n) is 3.98. The van der Waals surface area contributed by atoms with Gasteiger partial charge in [0.1, 0.15) is 12.7 Å². The highest BCUT2D eigenvalue weighted by atomic mass is 32.2. The second kappa shape index (κ2) is 9.52. The van der Waals surface area contributed by atoms with Crippen LogP contribution in [0.25, 0.3) is 0 Å². The standard InChI is InChI=1S/C18H22O8S/c1-2-24-18(21)25-12-13(11-19)8-9-14-10-16(17(20)26-14)27(22,23)15-6-4-3-5-7-15/h3-8,14,16,19H,2,9-12H2,1H3/b13-8+/t14-,16?/m0/s1. The quantitative estimate of drug-likeness (QED) is 0.519. The van der Waals surface area contributed by atoms with Crippen molar-refractivity contribution in [3.8, 4) is 0 Å². The molecule has 1 aromatic carbocycles. The van der Waals surface area contributed by atoms with Gasteiger partial charge >= 0.3 is 12.1 Å². The number of esters is 1. The lowest BCUT2D eigenvalue weighted by molar-refractivity contribution is -0.141. The molecule has 0 radical (unpaired) electrons. The number of aliphatic hydroxyl groups excluding tert-OH is 1. The third-order valence-corrected chi connectivity index (χ3v) is 6.04. The summed E-state index contributed by atoms with van der Waals surface area (Å²) in [4.78, 5) is 23.3. The molecule has 27 heavy (non-hydrogen) atoms. The van der Waals surface area contributed by atoms with Gasteiger partial charge in [-0.05, 0) is 24.6 Å². The lowest BCUT2D eigenvalue weighted by Gasteiger charge is -2.09. The number of aliphatic hydroxyl groups is 1. The smallest absolute Gasteiger partial charge is 0.461 e. The van der Waals surface area contributed by atoms with E-state index in [4.69, 9.17) is 9.47 Å². The van der Waals surface area contributed by atoms with E-state index in [0.717, 1.165) is 0 Å². The Morgan fingerprint density at radius 1 is 1.30 bits per heavy atom. The molecule has 1 aromatic rings. The minimum Gasteiger partial charge on any atom is -0.461 e. The van der Waals surface area contributed by atoms with Gasteiger partial charge in [-0.15, -0.1) is 0 Å². The highest BCUT2D eigenvalue weighted by Gasteiger charge is 2.43. The van der Waals surface area contributed by atoms with Crippen molar-refractivity contribution in [1.82, 2.24) is 0 Å². The number of ether oxygens (including phenoxy) is 3. The lowest BCUT2D eigenvalue weighted by Crippen LogP contribution is -2.26. The van der Waals surface area contributed by atoms with Gasteiger partial charge in [-0.1, -0.05) is 24.3 Å². The van der Waals surface area contributed by atoms with Crippen LogP contribution in [0.1, 0.15) is 19.8 Å². The van der Waals surface area contributed by atoms with Crippen LogP contribution in [0.2, 0.25) is 0 Å². The SMILES string of the molecule is CCOC(=O)OC/C(=C/C[C@H]1CC(S(=O)(=O)c2ccccc2)C(=O)O1)CO. The first-order chi connectivity index (χ1) is 12.9. The number of hydrogen-bond donors (Lipinski definition) is 1. The van der Waals surface area contributed by atoms with Gasteiger partial charge in [0.05, 0.1) is 18.1 Å². The van der Waals surface area contributed by atoms with Gasteiger partial charge < -0.3 is 19.3 Å². The summed E-state index contributed by atoms with van der Waals surface area (Å²) in [5.74, 6) is -0.787. The predicted octanol–water partition coefficient (Wildman–Crippen LogP) is 1.63. The summed E-state index contributed by atoms with van der Waals surface area (Å²) in [7, 11) is -3.82. The molecular weight excluding hydrogens is 376 g/mol. The Hall–Kier alpha value is -2.39. The third kappa shape index (κ3) is 5.54. The molecule has 1 fully saturated rings. The van der Waals surface area contributed by atoms with E-state index < -0.39 is 33.3 Å². The van der Waals surface area contributed by atoms with Crippen LogP contribution in [0.4, 0.5) is 4.79 Å². The Labute approximate surface area is 157 Å². The maximum absolute atomic E-state index is 12.6. The van der Waals surface area contributed by atoms with Crippen LogP contribution in [0, 0.1) is 0 Å².